The van der Waals surface area contributed by atoms with Gasteiger partial charge < -0.3 is 9.30 Å². The van der Waals surface area contributed by atoms with Crippen molar-refractivity contribution in [2.45, 2.75) is 19.5 Å². The zero-order valence-electron chi connectivity index (χ0n) is 16.9. The van der Waals surface area contributed by atoms with Crippen LogP contribution in [0.2, 0.25) is 10.0 Å². The molecule has 1 aromatic carbocycles. The fourth-order valence-electron chi connectivity index (χ4n) is 3.64. The van der Waals surface area contributed by atoms with E-state index in [1.54, 1.807) is 6.07 Å². The molecule has 0 saturated carbocycles. The van der Waals surface area contributed by atoms with Crippen molar-refractivity contribution in [3.63, 3.8) is 0 Å². The first-order valence-corrected chi connectivity index (χ1v) is 10.8. The lowest BCUT2D eigenvalue weighted by Gasteiger charge is -2.28. The molecule has 1 saturated heterocycles. The third-order valence-corrected chi connectivity index (χ3v) is 6.02. The molecule has 0 amide bonds. The van der Waals surface area contributed by atoms with E-state index in [4.69, 9.17) is 33.2 Å². The Kier molecular flexibility index (Phi) is 8.57. The van der Waals surface area contributed by atoms with E-state index in [0.717, 1.165) is 56.9 Å². The molecule has 0 spiro atoms. The molecule has 1 fully saturated rings. The molecule has 0 aliphatic carbocycles. The van der Waals surface area contributed by atoms with Crippen molar-refractivity contribution in [1.82, 2.24) is 14.4 Å². The Morgan fingerprint density at radius 1 is 1.07 bits per heavy atom. The first-order chi connectivity index (χ1) is 14.6. The molecule has 2 aromatic rings. The summed E-state index contributed by atoms with van der Waals surface area (Å²) in [4.78, 5) is 4.66. The van der Waals surface area contributed by atoms with Crippen LogP contribution >= 0.6 is 23.2 Å². The second-order valence-corrected chi connectivity index (χ2v) is 8.07. The first kappa shape index (κ1) is 22.6. The zero-order valence-corrected chi connectivity index (χ0v) is 18.4. The quantitative estimate of drug-likeness (QED) is 0.577. The Morgan fingerprint density at radius 2 is 1.87 bits per heavy atom. The SMILES string of the molecule is N#CCCN(CCCN1CCOCC1)Cn1cc(C#N)c(-c2cccc(Cl)c2Cl)c1. The number of benzene rings is 1. The van der Waals surface area contributed by atoms with Gasteiger partial charge in [0.05, 0.1) is 41.6 Å². The average molecular weight is 446 g/mol. The molecular weight excluding hydrogens is 421 g/mol. The standard InChI is InChI=1S/C22H25Cl2N5O/c23-21-5-1-4-19(22(21)24)20-16-29(15-18(20)14-26)17-28(7-2-6-25)9-3-8-27-10-12-30-13-11-27/h1,4-5,15-16H,2-3,7-13,17H2. The maximum absolute atomic E-state index is 9.60. The fraction of sp³-hybridized carbons (Fsp3) is 0.455. The van der Waals surface area contributed by atoms with Gasteiger partial charge in [-0.05, 0) is 19.0 Å². The predicted molar refractivity (Wildman–Crippen MR) is 118 cm³/mol. The number of aromatic nitrogens is 1. The highest BCUT2D eigenvalue weighted by Gasteiger charge is 2.16. The third kappa shape index (κ3) is 5.98. The Labute approximate surface area is 187 Å². The van der Waals surface area contributed by atoms with E-state index < -0.39 is 0 Å². The van der Waals surface area contributed by atoms with Gasteiger partial charge in [0.25, 0.3) is 0 Å². The predicted octanol–water partition coefficient (Wildman–Crippen LogP) is 4.23. The van der Waals surface area contributed by atoms with E-state index in [1.807, 2.05) is 29.1 Å². The van der Waals surface area contributed by atoms with Crippen LogP contribution < -0.4 is 0 Å². The van der Waals surface area contributed by atoms with Gasteiger partial charge in [-0.15, -0.1) is 0 Å². The highest BCUT2D eigenvalue weighted by molar-refractivity contribution is 6.43. The van der Waals surface area contributed by atoms with Crippen molar-refractivity contribution in [2.75, 3.05) is 45.9 Å². The summed E-state index contributed by atoms with van der Waals surface area (Å²) in [5.74, 6) is 0. The molecular formula is C22H25Cl2N5O. The minimum absolute atomic E-state index is 0.445. The van der Waals surface area contributed by atoms with Gasteiger partial charge in [0, 0.05) is 56.1 Å². The topological polar surface area (TPSA) is 68.2 Å². The van der Waals surface area contributed by atoms with Crippen LogP contribution in [-0.2, 0) is 11.4 Å². The smallest absolute Gasteiger partial charge is 0.101 e. The van der Waals surface area contributed by atoms with E-state index in [0.29, 0.717) is 35.2 Å². The Bertz CT molecular complexity index is 925. The molecule has 0 bridgehead atoms. The van der Waals surface area contributed by atoms with Crippen molar-refractivity contribution in [2.24, 2.45) is 0 Å². The normalized spacial score (nSPS) is 14.6. The average Bonchev–Trinajstić information content (AvgIpc) is 3.17. The Hall–Kier alpha value is -2.06. The van der Waals surface area contributed by atoms with Crippen LogP contribution in [-0.4, -0.2) is 60.3 Å². The monoisotopic (exact) mass is 445 g/mol. The van der Waals surface area contributed by atoms with Crippen LogP contribution in [0.5, 0.6) is 0 Å². The molecule has 30 heavy (non-hydrogen) atoms. The number of morpholine rings is 1. The second-order valence-electron chi connectivity index (χ2n) is 7.29. The summed E-state index contributed by atoms with van der Waals surface area (Å²) in [6, 6.07) is 9.90. The van der Waals surface area contributed by atoms with Crippen LogP contribution in [0, 0.1) is 22.7 Å². The van der Waals surface area contributed by atoms with Crippen LogP contribution in [0.4, 0.5) is 0 Å². The molecule has 8 heteroatoms. The molecule has 158 valence electrons. The van der Waals surface area contributed by atoms with E-state index in [1.165, 1.54) is 0 Å². The van der Waals surface area contributed by atoms with Gasteiger partial charge in [0.15, 0.2) is 0 Å². The molecule has 0 N–H and O–H groups in total. The fourth-order valence-corrected chi connectivity index (χ4v) is 4.04. The number of ether oxygens (including phenoxy) is 1. The summed E-state index contributed by atoms with van der Waals surface area (Å²) in [5.41, 5.74) is 2.06. The van der Waals surface area contributed by atoms with Gasteiger partial charge in [-0.2, -0.15) is 10.5 Å². The van der Waals surface area contributed by atoms with Crippen molar-refractivity contribution in [3.05, 3.63) is 46.2 Å². The Balaban J connectivity index is 1.69. The maximum atomic E-state index is 9.60. The Morgan fingerprint density at radius 3 is 2.60 bits per heavy atom. The minimum Gasteiger partial charge on any atom is -0.379 e. The molecule has 6 nitrogen and oxygen atoms in total. The van der Waals surface area contributed by atoms with Crippen molar-refractivity contribution in [1.29, 1.82) is 10.5 Å². The van der Waals surface area contributed by atoms with E-state index >= 15 is 0 Å². The van der Waals surface area contributed by atoms with Crippen LogP contribution in [0.25, 0.3) is 11.1 Å². The van der Waals surface area contributed by atoms with Gasteiger partial charge in [-0.1, -0.05) is 35.3 Å². The molecule has 1 aliphatic heterocycles. The number of halogens is 2. The summed E-state index contributed by atoms with van der Waals surface area (Å²) in [7, 11) is 0. The lowest BCUT2D eigenvalue weighted by molar-refractivity contribution is 0.0357. The molecule has 2 heterocycles. The third-order valence-electron chi connectivity index (χ3n) is 5.20. The molecule has 0 unspecified atom stereocenters. The van der Waals surface area contributed by atoms with E-state index in [2.05, 4.69) is 21.9 Å². The zero-order chi connectivity index (χ0) is 21.3. The number of hydrogen-bond acceptors (Lipinski definition) is 5. The van der Waals surface area contributed by atoms with Gasteiger partial charge in [0.2, 0.25) is 0 Å². The van der Waals surface area contributed by atoms with Crippen molar-refractivity contribution < 1.29 is 4.74 Å². The first-order valence-electron chi connectivity index (χ1n) is 10.1. The lowest BCUT2D eigenvalue weighted by Crippen LogP contribution is -2.38. The van der Waals surface area contributed by atoms with E-state index in [-0.39, 0.29) is 0 Å². The number of nitrogens with zero attached hydrogens (tertiary/aromatic N) is 5. The molecule has 3 rings (SSSR count). The molecule has 1 aromatic heterocycles. The van der Waals surface area contributed by atoms with Crippen LogP contribution in [0.3, 0.4) is 0 Å². The summed E-state index contributed by atoms with van der Waals surface area (Å²) >= 11 is 12.5. The summed E-state index contributed by atoms with van der Waals surface area (Å²) < 4.78 is 7.38. The largest absolute Gasteiger partial charge is 0.379 e. The van der Waals surface area contributed by atoms with Gasteiger partial charge in [-0.3, -0.25) is 9.80 Å². The lowest BCUT2D eigenvalue weighted by atomic mass is 10.1. The maximum Gasteiger partial charge on any atom is 0.101 e. The van der Waals surface area contributed by atoms with Crippen molar-refractivity contribution in [3.8, 4) is 23.3 Å². The van der Waals surface area contributed by atoms with E-state index in [9.17, 15) is 5.26 Å². The number of rotatable bonds is 9. The second kappa shape index (κ2) is 11.4. The van der Waals surface area contributed by atoms with Crippen molar-refractivity contribution >= 4 is 23.2 Å². The number of hydrogen-bond donors (Lipinski definition) is 0. The number of nitriles is 2. The highest BCUT2D eigenvalue weighted by atomic mass is 35.5. The molecule has 1 aliphatic rings. The molecule has 0 radical (unpaired) electrons. The highest BCUT2D eigenvalue weighted by Crippen LogP contribution is 2.35. The van der Waals surface area contributed by atoms with Crippen LogP contribution in [0.15, 0.2) is 30.6 Å². The van der Waals surface area contributed by atoms with Gasteiger partial charge in [-0.25, -0.2) is 0 Å². The summed E-state index contributed by atoms with van der Waals surface area (Å²) in [5, 5.41) is 19.5. The minimum atomic E-state index is 0.445. The van der Waals surface area contributed by atoms with Crippen LogP contribution in [0.1, 0.15) is 18.4 Å². The van der Waals surface area contributed by atoms with Gasteiger partial charge >= 0.3 is 0 Å². The summed E-state index contributed by atoms with van der Waals surface area (Å²) in [6.45, 7) is 6.75. The molecule has 0 atom stereocenters. The van der Waals surface area contributed by atoms with Gasteiger partial charge in [0.1, 0.15) is 6.07 Å². The summed E-state index contributed by atoms with van der Waals surface area (Å²) in [6.07, 6.45) is 5.24.